The second-order valence-corrected chi connectivity index (χ2v) is 10.4. The molecule has 5 radical (unpaired) electrons. The molecule has 0 unspecified atom stereocenters. The summed E-state index contributed by atoms with van der Waals surface area (Å²) in [6.07, 6.45) is 16.4. The molecule has 0 amide bonds. The predicted molar refractivity (Wildman–Crippen MR) is 128 cm³/mol. The van der Waals surface area contributed by atoms with E-state index in [1.165, 1.54) is 18.2 Å². The number of benzene rings is 1. The highest BCUT2D eigenvalue weighted by Gasteiger charge is 2.55. The van der Waals surface area contributed by atoms with Crippen molar-refractivity contribution in [3.8, 4) is 0 Å². The number of allylic oxidation sites excluding steroid dienone is 2. The minimum Gasteiger partial charge on any atom is -0.469 e. The van der Waals surface area contributed by atoms with Gasteiger partial charge in [0.2, 0.25) is 0 Å². The Hall–Kier alpha value is -1.90. The Balaban J connectivity index is 1.76. The molecule has 1 aromatic rings. The highest BCUT2D eigenvalue weighted by Crippen LogP contribution is 2.58. The summed E-state index contributed by atoms with van der Waals surface area (Å²) in [7, 11) is 1.50. The van der Waals surface area contributed by atoms with E-state index in [0.717, 1.165) is 49.1 Å². The molecule has 0 aliphatic heterocycles. The average molecular weight is 432 g/mol. The van der Waals surface area contributed by atoms with E-state index in [1.807, 2.05) is 31.8 Å². The van der Waals surface area contributed by atoms with E-state index in [9.17, 15) is 9.59 Å². The van der Waals surface area contributed by atoms with Crippen LogP contribution in [0.1, 0.15) is 86.3 Å². The molecular weight excluding hydrogens is 396 g/mol. The Labute approximate surface area is 194 Å². The number of esters is 1. The predicted octanol–water partition coefficient (Wildman–Crippen LogP) is 6.14. The molecule has 0 aromatic heterocycles. The van der Waals surface area contributed by atoms with E-state index < -0.39 is 5.41 Å². The molecule has 3 aliphatic rings. The Morgan fingerprint density at radius 1 is 1.12 bits per heavy atom. The van der Waals surface area contributed by atoms with Crippen molar-refractivity contribution in [2.45, 2.75) is 71.1 Å². The lowest BCUT2D eigenvalue weighted by atomic mass is 9.49. The molecule has 32 heavy (non-hydrogen) atoms. The zero-order chi connectivity index (χ0) is 23.1. The summed E-state index contributed by atoms with van der Waals surface area (Å²) in [4.78, 5) is 26.2. The number of ketones is 1. The van der Waals surface area contributed by atoms with Gasteiger partial charge >= 0.3 is 5.97 Å². The fraction of sp³-hybridized carbons (Fsp3) is 0.483. The van der Waals surface area contributed by atoms with Gasteiger partial charge in [0, 0.05) is 11.5 Å². The van der Waals surface area contributed by atoms with Crippen molar-refractivity contribution >= 4 is 11.8 Å². The van der Waals surface area contributed by atoms with Crippen LogP contribution in [-0.4, -0.2) is 18.9 Å². The molecular formula is C29H35O3. The van der Waals surface area contributed by atoms with E-state index in [0.29, 0.717) is 0 Å². The first-order chi connectivity index (χ1) is 15.2. The second kappa shape index (κ2) is 8.80. The fourth-order valence-electron chi connectivity index (χ4n) is 6.47. The van der Waals surface area contributed by atoms with Crippen molar-refractivity contribution < 1.29 is 14.3 Å². The minimum atomic E-state index is -0.474. The van der Waals surface area contributed by atoms with Gasteiger partial charge in [0.05, 0.1) is 12.5 Å². The number of carbonyl (C=O) groups excluding carboxylic acids is 2. The van der Waals surface area contributed by atoms with Gasteiger partial charge < -0.3 is 4.74 Å². The van der Waals surface area contributed by atoms with Crippen molar-refractivity contribution in [1.29, 1.82) is 0 Å². The number of aryl methyl sites for hydroxylation is 1. The van der Waals surface area contributed by atoms with Crippen molar-refractivity contribution in [3.05, 3.63) is 78.1 Å². The van der Waals surface area contributed by atoms with Gasteiger partial charge in [0.15, 0.2) is 5.78 Å². The monoisotopic (exact) mass is 431 g/mol. The summed E-state index contributed by atoms with van der Waals surface area (Å²) < 4.78 is 5.25. The quantitative estimate of drug-likeness (QED) is 0.320. The Kier molecular flexibility index (Phi) is 6.40. The summed E-state index contributed by atoms with van der Waals surface area (Å²) in [5, 5.41) is 0. The van der Waals surface area contributed by atoms with Crippen molar-refractivity contribution in [3.63, 3.8) is 0 Å². The first-order valence-corrected chi connectivity index (χ1v) is 11.9. The largest absolute Gasteiger partial charge is 0.469 e. The van der Waals surface area contributed by atoms with Gasteiger partial charge in [0.1, 0.15) is 0 Å². The number of carbonyl (C=O) groups is 2. The Morgan fingerprint density at radius 2 is 1.84 bits per heavy atom. The number of hydrogen-bond donors (Lipinski definition) is 0. The highest BCUT2D eigenvalue weighted by atomic mass is 16.5. The lowest BCUT2D eigenvalue weighted by molar-refractivity contribution is -0.161. The van der Waals surface area contributed by atoms with Crippen molar-refractivity contribution in [2.24, 2.45) is 11.3 Å². The molecule has 3 atom stereocenters. The molecule has 2 fully saturated rings. The van der Waals surface area contributed by atoms with E-state index in [4.69, 9.17) is 4.74 Å². The number of ether oxygens (including phenoxy) is 1. The maximum absolute atomic E-state index is 13.3. The van der Waals surface area contributed by atoms with Crippen LogP contribution < -0.4 is 0 Å². The van der Waals surface area contributed by atoms with Crippen molar-refractivity contribution in [2.75, 3.05) is 7.11 Å². The van der Waals surface area contributed by atoms with Crippen LogP contribution in [0.25, 0.3) is 0 Å². The van der Waals surface area contributed by atoms with Crippen LogP contribution in [0, 0.1) is 42.9 Å². The SMILES string of the molecule is COC(=O)[C@]1(C)CCC[C@]2(C)c3cc(C(=O)/C=C/[C]4[CH][CH][CH][CH]4)c(C(C)C)cc3CC[C@@H]12. The average Bonchev–Trinajstić information content (AvgIpc) is 3.29. The molecule has 3 heteroatoms. The van der Waals surface area contributed by atoms with Gasteiger partial charge in [0.25, 0.3) is 0 Å². The van der Waals surface area contributed by atoms with Gasteiger partial charge in [-0.05, 0) is 104 Å². The van der Waals surface area contributed by atoms with Crippen molar-refractivity contribution in [1.82, 2.24) is 0 Å². The summed E-state index contributed by atoms with van der Waals surface area (Å²) in [6, 6.07) is 4.44. The fourth-order valence-corrected chi connectivity index (χ4v) is 6.47. The smallest absolute Gasteiger partial charge is 0.311 e. The Morgan fingerprint density at radius 3 is 2.50 bits per heavy atom. The number of fused-ring (bicyclic) bond motifs is 3. The topological polar surface area (TPSA) is 43.4 Å². The van der Waals surface area contributed by atoms with Crippen LogP contribution in [0.4, 0.5) is 0 Å². The number of methoxy groups -OCH3 is 1. The van der Waals surface area contributed by atoms with Gasteiger partial charge in [-0.3, -0.25) is 9.59 Å². The third kappa shape index (κ3) is 3.86. The third-order valence-corrected chi connectivity index (χ3v) is 8.18. The standard InChI is InChI=1S/C29H35O3/c1-19(2)22-17-21-12-14-26-28(3,15-8-16-29(26,4)27(31)32-5)24(21)18-23(22)25(30)13-11-20-9-6-7-10-20/h6-7,9-11,13,17-19,26H,8,12,14-16H2,1-5H3/b13-11+/t26-,28-,29-/m1/s1. The van der Waals surface area contributed by atoms with Crippen LogP contribution in [0.5, 0.6) is 0 Å². The van der Waals surface area contributed by atoms with Gasteiger partial charge in [-0.15, -0.1) is 0 Å². The Bertz CT molecular complexity index is 921. The minimum absolute atomic E-state index is 0.0509. The zero-order valence-electron chi connectivity index (χ0n) is 20.0. The van der Waals surface area contributed by atoms with E-state index in [-0.39, 0.29) is 29.0 Å². The number of rotatable bonds is 5. The lowest BCUT2D eigenvalue weighted by Crippen LogP contribution is -2.52. The first-order valence-electron chi connectivity index (χ1n) is 11.9. The maximum atomic E-state index is 13.3. The van der Waals surface area contributed by atoms with Gasteiger partial charge in [-0.2, -0.15) is 0 Å². The molecule has 3 nitrogen and oxygen atoms in total. The molecule has 169 valence electrons. The van der Waals surface area contributed by atoms with Crippen LogP contribution in [-0.2, 0) is 21.4 Å². The molecule has 2 saturated carbocycles. The molecule has 4 rings (SSSR count). The normalized spacial score (nSPS) is 30.4. The third-order valence-electron chi connectivity index (χ3n) is 8.18. The molecule has 0 N–H and O–H groups in total. The summed E-state index contributed by atoms with van der Waals surface area (Å²) in [6.45, 7) is 8.70. The molecule has 0 bridgehead atoms. The molecule has 0 spiro atoms. The molecule has 1 aromatic carbocycles. The van der Waals surface area contributed by atoms with E-state index in [2.05, 4.69) is 39.8 Å². The van der Waals surface area contributed by atoms with Crippen LogP contribution in [0.15, 0.2) is 24.3 Å². The summed E-state index contributed by atoms with van der Waals surface area (Å²) in [5.74, 6) is 1.48. The summed E-state index contributed by atoms with van der Waals surface area (Å²) >= 11 is 0. The lowest BCUT2D eigenvalue weighted by Gasteiger charge is -2.54. The highest BCUT2D eigenvalue weighted by molar-refractivity contribution is 6.06. The van der Waals surface area contributed by atoms with E-state index in [1.54, 1.807) is 6.08 Å². The molecule has 3 aliphatic carbocycles. The molecule has 0 saturated heterocycles. The van der Waals surface area contributed by atoms with Crippen LogP contribution in [0.2, 0.25) is 0 Å². The van der Waals surface area contributed by atoms with Gasteiger partial charge in [-0.25, -0.2) is 0 Å². The van der Waals surface area contributed by atoms with E-state index >= 15 is 0 Å². The van der Waals surface area contributed by atoms with Crippen LogP contribution in [0.3, 0.4) is 0 Å². The molecule has 0 heterocycles. The van der Waals surface area contributed by atoms with Crippen LogP contribution >= 0.6 is 0 Å². The first kappa shape index (κ1) is 23.3. The zero-order valence-corrected chi connectivity index (χ0v) is 20.0. The maximum Gasteiger partial charge on any atom is 0.311 e. The van der Waals surface area contributed by atoms with Gasteiger partial charge in [-0.1, -0.05) is 39.3 Å². The second-order valence-electron chi connectivity index (χ2n) is 10.4. The summed E-state index contributed by atoms with van der Waals surface area (Å²) in [5.41, 5.74) is 3.92. The number of hydrogen-bond acceptors (Lipinski definition) is 3.